The molecule has 1 aromatic carbocycles. The van der Waals surface area contributed by atoms with Crippen molar-refractivity contribution in [2.45, 2.75) is 25.0 Å². The minimum Gasteiger partial charge on any atom is -0.377 e. The minimum atomic E-state index is 0.576. The van der Waals surface area contributed by atoms with Crippen LogP contribution in [0.1, 0.15) is 24.8 Å². The molecule has 0 unspecified atom stereocenters. The monoisotopic (exact) mass is 327 g/mol. The number of nitrogens with two attached hydrogens (primary N) is 1. The maximum absolute atomic E-state index is 5.86. The van der Waals surface area contributed by atoms with Gasteiger partial charge in [-0.2, -0.15) is 16.9 Å². The molecule has 3 nitrogen and oxygen atoms in total. The van der Waals surface area contributed by atoms with Crippen molar-refractivity contribution in [1.82, 2.24) is 0 Å². The fourth-order valence-electron chi connectivity index (χ4n) is 1.76. The van der Waals surface area contributed by atoms with Gasteiger partial charge < -0.3 is 5.73 Å². The van der Waals surface area contributed by atoms with Crippen molar-refractivity contribution in [3.63, 3.8) is 0 Å². The normalized spacial score (nSPS) is 14.8. The molecule has 0 radical (unpaired) electrons. The second-order valence-corrected chi connectivity index (χ2v) is 7.07. The van der Waals surface area contributed by atoms with Gasteiger partial charge in [-0.05, 0) is 42.7 Å². The predicted octanol–water partition coefficient (Wildman–Crippen LogP) is 4.16. The van der Waals surface area contributed by atoms with Gasteiger partial charge in [0.1, 0.15) is 0 Å². The van der Waals surface area contributed by atoms with Crippen LogP contribution in [0.15, 0.2) is 34.5 Å². The number of thioether (sulfide) groups is 2. The first-order valence-corrected chi connectivity index (χ1v) is 9.10. The first kappa shape index (κ1) is 15.7. The van der Waals surface area contributed by atoms with Gasteiger partial charge in [-0.3, -0.25) is 0 Å². The maximum Gasteiger partial charge on any atom is 0.180 e. The number of rotatable bonds is 7. The molecule has 6 heteroatoms. The highest BCUT2D eigenvalue weighted by molar-refractivity contribution is 8.14. The van der Waals surface area contributed by atoms with Crippen LogP contribution in [0.2, 0.25) is 5.02 Å². The molecule has 20 heavy (non-hydrogen) atoms. The molecule has 0 atom stereocenters. The lowest BCUT2D eigenvalue weighted by Gasteiger charge is -2.08. The lowest BCUT2D eigenvalue weighted by molar-refractivity contribution is 0.839. The van der Waals surface area contributed by atoms with Gasteiger partial charge in [0.05, 0.1) is 5.71 Å². The summed E-state index contributed by atoms with van der Waals surface area (Å²) in [6, 6.07) is 8.07. The summed E-state index contributed by atoms with van der Waals surface area (Å²) in [4.78, 5) is 0. The Morgan fingerprint density at radius 3 is 2.70 bits per heavy atom. The van der Waals surface area contributed by atoms with Crippen molar-refractivity contribution < 1.29 is 0 Å². The largest absolute Gasteiger partial charge is 0.377 e. The van der Waals surface area contributed by atoms with E-state index in [1.165, 1.54) is 24.2 Å². The zero-order chi connectivity index (χ0) is 14.2. The van der Waals surface area contributed by atoms with Gasteiger partial charge in [-0.1, -0.05) is 35.5 Å². The van der Waals surface area contributed by atoms with Gasteiger partial charge in [-0.25, -0.2) is 0 Å². The second-order valence-electron chi connectivity index (χ2n) is 4.53. The highest BCUT2D eigenvalue weighted by Crippen LogP contribution is 2.17. The highest BCUT2D eigenvalue weighted by atomic mass is 35.5. The van der Waals surface area contributed by atoms with E-state index in [4.69, 9.17) is 17.3 Å². The molecule has 1 aliphatic rings. The van der Waals surface area contributed by atoms with Crippen molar-refractivity contribution >= 4 is 46.0 Å². The Labute approximate surface area is 133 Å². The van der Waals surface area contributed by atoms with E-state index in [1.807, 2.05) is 23.9 Å². The molecule has 0 aliphatic carbocycles. The van der Waals surface area contributed by atoms with E-state index in [9.17, 15) is 0 Å². The molecule has 1 aromatic rings. The topological polar surface area (TPSA) is 50.7 Å². The number of amidine groups is 1. The highest BCUT2D eigenvalue weighted by Gasteiger charge is 2.07. The first-order chi connectivity index (χ1) is 9.74. The average Bonchev–Trinajstić information content (AvgIpc) is 2.46. The summed E-state index contributed by atoms with van der Waals surface area (Å²) in [5.74, 6) is 3.12. The number of hydrogen-bond donors (Lipinski definition) is 1. The van der Waals surface area contributed by atoms with Gasteiger partial charge in [0.15, 0.2) is 5.17 Å². The molecular formula is C14H18ClN3S2. The van der Waals surface area contributed by atoms with Crippen LogP contribution in [0.3, 0.4) is 0 Å². The third-order valence-corrected chi connectivity index (χ3v) is 5.08. The molecule has 0 saturated heterocycles. The number of unbranched alkanes of at least 4 members (excludes halogenated alkanes) is 1. The molecule has 108 valence electrons. The van der Waals surface area contributed by atoms with E-state index in [1.54, 1.807) is 11.8 Å². The molecule has 2 rings (SSSR count). The molecule has 1 aliphatic heterocycles. The van der Waals surface area contributed by atoms with Crippen LogP contribution in [0.4, 0.5) is 0 Å². The quantitative estimate of drug-likeness (QED) is 0.765. The van der Waals surface area contributed by atoms with E-state index < -0.39 is 0 Å². The predicted molar refractivity (Wildman–Crippen MR) is 93.0 cm³/mol. The minimum absolute atomic E-state index is 0.576. The smallest absolute Gasteiger partial charge is 0.180 e. The summed E-state index contributed by atoms with van der Waals surface area (Å²) in [5, 5.41) is 9.40. The molecule has 0 saturated carbocycles. The van der Waals surface area contributed by atoms with Crippen LogP contribution in [-0.2, 0) is 5.75 Å². The van der Waals surface area contributed by atoms with Gasteiger partial charge >= 0.3 is 0 Å². The van der Waals surface area contributed by atoms with Crippen LogP contribution in [-0.4, -0.2) is 22.4 Å². The second kappa shape index (κ2) is 8.60. The maximum atomic E-state index is 5.86. The summed E-state index contributed by atoms with van der Waals surface area (Å²) in [6.45, 7) is 0. The summed E-state index contributed by atoms with van der Waals surface area (Å²) < 4.78 is 0. The van der Waals surface area contributed by atoms with Crippen LogP contribution in [0.5, 0.6) is 0 Å². The Morgan fingerprint density at radius 1 is 1.20 bits per heavy atom. The van der Waals surface area contributed by atoms with Gasteiger partial charge in [0, 0.05) is 16.5 Å². The van der Waals surface area contributed by atoms with E-state index in [2.05, 4.69) is 22.3 Å². The molecular weight excluding hydrogens is 310 g/mol. The Hall–Kier alpha value is -0.650. The van der Waals surface area contributed by atoms with Gasteiger partial charge in [0.25, 0.3) is 0 Å². The third kappa shape index (κ3) is 5.77. The summed E-state index contributed by atoms with van der Waals surface area (Å²) in [6.07, 6.45) is 3.41. The van der Waals surface area contributed by atoms with Crippen molar-refractivity contribution in [2.75, 3.05) is 11.5 Å². The summed E-state index contributed by atoms with van der Waals surface area (Å²) >= 11 is 9.40. The molecule has 2 N–H and O–H groups in total. The number of nitrogens with zero attached hydrogens (tertiary/aromatic N) is 2. The SMILES string of the molecule is NC1=NN=C(CCCCSCc2ccc(Cl)cc2)CS1. The molecule has 1 heterocycles. The number of halogens is 1. The zero-order valence-electron chi connectivity index (χ0n) is 11.2. The van der Waals surface area contributed by atoms with Crippen LogP contribution in [0, 0.1) is 0 Å². The lowest BCUT2D eigenvalue weighted by atomic mass is 10.2. The Morgan fingerprint density at radius 2 is 2.00 bits per heavy atom. The molecule has 0 bridgehead atoms. The van der Waals surface area contributed by atoms with Gasteiger partial charge in [-0.15, -0.1) is 5.10 Å². The fourth-order valence-corrected chi connectivity index (χ4v) is 3.48. The van der Waals surface area contributed by atoms with Crippen LogP contribution < -0.4 is 5.73 Å². The zero-order valence-corrected chi connectivity index (χ0v) is 13.6. The third-order valence-electron chi connectivity index (χ3n) is 2.86. The van der Waals surface area contributed by atoms with Crippen molar-refractivity contribution in [2.24, 2.45) is 15.9 Å². The van der Waals surface area contributed by atoms with Gasteiger partial charge in [0.2, 0.25) is 0 Å². The molecule has 0 spiro atoms. The van der Waals surface area contributed by atoms with E-state index in [0.717, 1.165) is 28.7 Å². The number of hydrogen-bond acceptors (Lipinski definition) is 5. The first-order valence-electron chi connectivity index (χ1n) is 6.58. The summed E-state index contributed by atoms with van der Waals surface area (Å²) in [5.41, 5.74) is 8.04. The van der Waals surface area contributed by atoms with Crippen molar-refractivity contribution in [3.05, 3.63) is 34.9 Å². The Bertz CT molecular complexity index is 486. The molecule has 0 amide bonds. The average molecular weight is 328 g/mol. The number of benzene rings is 1. The Balaban J connectivity index is 1.55. The van der Waals surface area contributed by atoms with Crippen LogP contribution >= 0.6 is 35.1 Å². The summed E-state index contributed by atoms with van der Waals surface area (Å²) in [7, 11) is 0. The molecule has 0 aromatic heterocycles. The molecule has 0 fully saturated rings. The fraction of sp³-hybridized carbons (Fsp3) is 0.429. The van der Waals surface area contributed by atoms with Crippen molar-refractivity contribution in [3.8, 4) is 0 Å². The standard InChI is InChI=1S/C14H18ClN3S2/c15-12-6-4-11(5-7-12)9-19-8-2-1-3-13-10-20-14(16)18-17-13/h4-7H,1-3,8-10H2,(H2,16,18). The van der Waals surface area contributed by atoms with E-state index in [-0.39, 0.29) is 0 Å². The van der Waals surface area contributed by atoms with E-state index in [0.29, 0.717) is 5.17 Å². The lowest BCUT2D eigenvalue weighted by Crippen LogP contribution is -2.15. The Kier molecular flexibility index (Phi) is 6.76. The van der Waals surface area contributed by atoms with Crippen LogP contribution in [0.25, 0.3) is 0 Å². The van der Waals surface area contributed by atoms with Crippen molar-refractivity contribution in [1.29, 1.82) is 0 Å². The van der Waals surface area contributed by atoms with E-state index >= 15 is 0 Å².